The van der Waals surface area contributed by atoms with E-state index in [1.165, 1.54) is 6.42 Å². The van der Waals surface area contributed by atoms with Crippen LogP contribution in [-0.2, 0) is 6.42 Å². The molecule has 1 aliphatic heterocycles. The van der Waals surface area contributed by atoms with Crippen molar-refractivity contribution in [3.63, 3.8) is 0 Å². The fraction of sp³-hybridized carbons (Fsp3) is 0.400. The third kappa shape index (κ3) is 3.54. The zero-order valence-corrected chi connectivity index (χ0v) is 12.7. The molecule has 5 heteroatoms. The van der Waals surface area contributed by atoms with Crippen LogP contribution in [0.25, 0.3) is 0 Å². The van der Waals surface area contributed by atoms with Crippen molar-refractivity contribution in [3.8, 4) is 0 Å². The molecular weight excluding hydrogens is 295 g/mol. The number of hydrogen-bond donors (Lipinski definition) is 1. The second-order valence-electron chi connectivity index (χ2n) is 4.98. The summed E-state index contributed by atoms with van der Waals surface area (Å²) < 4.78 is 5.87. The molecule has 1 atom stereocenters. The summed E-state index contributed by atoms with van der Waals surface area (Å²) in [4.78, 5) is 4.42. The van der Waals surface area contributed by atoms with Crippen LogP contribution in [0, 0.1) is 0 Å². The molecule has 1 aliphatic rings. The predicted molar refractivity (Wildman–Crippen MR) is 82.9 cm³/mol. The summed E-state index contributed by atoms with van der Waals surface area (Å²) in [6, 6.07) is 7.85. The summed E-state index contributed by atoms with van der Waals surface area (Å²) in [5.74, 6) is 2.15. The van der Waals surface area contributed by atoms with Gasteiger partial charge in [-0.2, -0.15) is 0 Å². The smallest absolute Gasteiger partial charge is 0.198 e. The highest BCUT2D eigenvalue weighted by molar-refractivity contribution is 6.31. The Hall–Kier alpha value is -1.03. The van der Waals surface area contributed by atoms with Crippen LogP contribution in [0.1, 0.15) is 36.0 Å². The Bertz CT molecular complexity index is 550. The van der Waals surface area contributed by atoms with Crippen molar-refractivity contribution in [1.29, 1.82) is 0 Å². The third-order valence-corrected chi connectivity index (χ3v) is 3.91. The van der Waals surface area contributed by atoms with Crippen molar-refractivity contribution in [2.75, 3.05) is 13.1 Å². The van der Waals surface area contributed by atoms with E-state index in [0.29, 0.717) is 12.3 Å². The SMILES string of the molecule is Cl.Clc1ccccc1Cc1cnc(C2CCCNC2)o1. The highest BCUT2D eigenvalue weighted by atomic mass is 35.5. The van der Waals surface area contributed by atoms with Gasteiger partial charge in [0.05, 0.1) is 6.20 Å². The van der Waals surface area contributed by atoms with E-state index < -0.39 is 0 Å². The highest BCUT2D eigenvalue weighted by Gasteiger charge is 2.20. The van der Waals surface area contributed by atoms with E-state index in [0.717, 1.165) is 41.7 Å². The van der Waals surface area contributed by atoms with Gasteiger partial charge in [0.1, 0.15) is 5.76 Å². The molecule has 0 spiro atoms. The first-order chi connectivity index (χ1) is 9.33. The molecule has 0 saturated carbocycles. The summed E-state index contributed by atoms with van der Waals surface area (Å²) in [7, 11) is 0. The van der Waals surface area contributed by atoms with Crippen LogP contribution < -0.4 is 5.32 Å². The van der Waals surface area contributed by atoms with Gasteiger partial charge in [0.15, 0.2) is 5.89 Å². The van der Waals surface area contributed by atoms with Crippen LogP contribution in [0.4, 0.5) is 0 Å². The third-order valence-electron chi connectivity index (χ3n) is 3.54. The van der Waals surface area contributed by atoms with Crippen LogP contribution in [0.15, 0.2) is 34.9 Å². The van der Waals surface area contributed by atoms with Crippen LogP contribution in [0.5, 0.6) is 0 Å². The molecule has 1 saturated heterocycles. The molecule has 2 aromatic rings. The van der Waals surface area contributed by atoms with E-state index in [-0.39, 0.29) is 12.4 Å². The number of nitrogens with zero attached hydrogens (tertiary/aromatic N) is 1. The van der Waals surface area contributed by atoms with Crippen molar-refractivity contribution >= 4 is 24.0 Å². The summed E-state index contributed by atoms with van der Waals surface area (Å²) in [6.07, 6.45) is 4.87. The van der Waals surface area contributed by atoms with Crippen LogP contribution in [-0.4, -0.2) is 18.1 Å². The van der Waals surface area contributed by atoms with Gasteiger partial charge in [-0.1, -0.05) is 29.8 Å². The molecule has 1 aromatic carbocycles. The molecule has 2 heterocycles. The highest BCUT2D eigenvalue weighted by Crippen LogP contribution is 2.25. The van der Waals surface area contributed by atoms with E-state index in [1.807, 2.05) is 30.5 Å². The van der Waals surface area contributed by atoms with Crippen molar-refractivity contribution in [2.45, 2.75) is 25.2 Å². The van der Waals surface area contributed by atoms with Gasteiger partial charge < -0.3 is 9.73 Å². The van der Waals surface area contributed by atoms with Crippen molar-refractivity contribution in [3.05, 3.63) is 52.7 Å². The Labute approximate surface area is 130 Å². The number of rotatable bonds is 3. The average molecular weight is 313 g/mol. The minimum atomic E-state index is 0. The molecule has 1 unspecified atom stereocenters. The zero-order chi connectivity index (χ0) is 13.1. The first-order valence-corrected chi connectivity index (χ1v) is 7.09. The molecule has 0 aliphatic carbocycles. The second-order valence-corrected chi connectivity index (χ2v) is 5.38. The quantitative estimate of drug-likeness (QED) is 0.936. The van der Waals surface area contributed by atoms with Crippen molar-refractivity contribution in [2.24, 2.45) is 0 Å². The lowest BCUT2D eigenvalue weighted by molar-refractivity contribution is 0.365. The van der Waals surface area contributed by atoms with Crippen molar-refractivity contribution in [1.82, 2.24) is 10.3 Å². The second kappa shape index (κ2) is 7.11. The molecule has 108 valence electrons. The molecule has 1 N–H and O–H groups in total. The van der Waals surface area contributed by atoms with E-state index in [2.05, 4.69) is 10.3 Å². The zero-order valence-electron chi connectivity index (χ0n) is 11.1. The predicted octanol–water partition coefficient (Wildman–Crippen LogP) is 3.81. The number of aromatic nitrogens is 1. The molecule has 3 rings (SSSR count). The lowest BCUT2D eigenvalue weighted by Crippen LogP contribution is -2.28. The topological polar surface area (TPSA) is 38.1 Å². The van der Waals surface area contributed by atoms with Gasteiger partial charge in [-0.15, -0.1) is 12.4 Å². The van der Waals surface area contributed by atoms with Gasteiger partial charge in [-0.25, -0.2) is 4.98 Å². The molecule has 0 radical (unpaired) electrons. The lowest BCUT2D eigenvalue weighted by atomic mass is 10.00. The van der Waals surface area contributed by atoms with Gasteiger partial charge >= 0.3 is 0 Å². The Morgan fingerprint density at radius 3 is 2.95 bits per heavy atom. The molecule has 1 fully saturated rings. The minimum absolute atomic E-state index is 0. The Balaban J connectivity index is 0.00000147. The number of piperidine rings is 1. The molecule has 1 aromatic heterocycles. The minimum Gasteiger partial charge on any atom is -0.445 e. The fourth-order valence-electron chi connectivity index (χ4n) is 2.49. The first kappa shape index (κ1) is 15.4. The summed E-state index contributed by atoms with van der Waals surface area (Å²) in [5, 5.41) is 4.16. The van der Waals surface area contributed by atoms with Gasteiger partial charge in [0, 0.05) is 23.9 Å². The van der Waals surface area contributed by atoms with E-state index in [1.54, 1.807) is 0 Å². The maximum absolute atomic E-state index is 6.16. The number of hydrogen-bond acceptors (Lipinski definition) is 3. The average Bonchev–Trinajstić information content (AvgIpc) is 2.91. The van der Waals surface area contributed by atoms with Crippen LogP contribution in [0.3, 0.4) is 0 Å². The standard InChI is InChI=1S/C15H17ClN2O.ClH/c16-14-6-2-1-4-11(14)8-13-10-18-15(19-13)12-5-3-7-17-9-12;/h1-2,4,6,10,12,17H,3,5,7-9H2;1H. The summed E-state index contributed by atoms with van der Waals surface area (Å²) >= 11 is 6.16. The summed E-state index contributed by atoms with van der Waals surface area (Å²) in [5.41, 5.74) is 1.08. The van der Waals surface area contributed by atoms with E-state index in [4.69, 9.17) is 16.0 Å². The van der Waals surface area contributed by atoms with Gasteiger partial charge in [-0.05, 0) is 31.0 Å². The van der Waals surface area contributed by atoms with Crippen LogP contribution in [0.2, 0.25) is 5.02 Å². The monoisotopic (exact) mass is 312 g/mol. The Kier molecular flexibility index (Phi) is 5.46. The van der Waals surface area contributed by atoms with E-state index >= 15 is 0 Å². The molecule has 3 nitrogen and oxygen atoms in total. The largest absolute Gasteiger partial charge is 0.445 e. The van der Waals surface area contributed by atoms with E-state index in [9.17, 15) is 0 Å². The number of halogens is 2. The Morgan fingerprint density at radius 1 is 1.35 bits per heavy atom. The Morgan fingerprint density at radius 2 is 2.20 bits per heavy atom. The molecule has 0 bridgehead atoms. The van der Waals surface area contributed by atoms with Gasteiger partial charge in [0.25, 0.3) is 0 Å². The molecule has 20 heavy (non-hydrogen) atoms. The van der Waals surface area contributed by atoms with Crippen molar-refractivity contribution < 1.29 is 4.42 Å². The summed E-state index contributed by atoms with van der Waals surface area (Å²) in [6.45, 7) is 2.07. The van der Waals surface area contributed by atoms with Gasteiger partial charge in [-0.3, -0.25) is 0 Å². The maximum Gasteiger partial charge on any atom is 0.198 e. The molecular formula is C15H18Cl2N2O. The van der Waals surface area contributed by atoms with Crippen LogP contribution >= 0.6 is 24.0 Å². The normalized spacial score (nSPS) is 18.6. The fourth-order valence-corrected chi connectivity index (χ4v) is 2.69. The van der Waals surface area contributed by atoms with Gasteiger partial charge in [0.2, 0.25) is 0 Å². The lowest BCUT2D eigenvalue weighted by Gasteiger charge is -2.19. The first-order valence-electron chi connectivity index (χ1n) is 6.71. The number of oxazole rings is 1. The number of nitrogens with one attached hydrogen (secondary N) is 1. The molecule has 0 amide bonds. The number of benzene rings is 1. The maximum atomic E-state index is 6.16.